The van der Waals surface area contributed by atoms with Gasteiger partial charge in [0.2, 0.25) is 5.84 Å². The van der Waals surface area contributed by atoms with E-state index in [9.17, 15) is 9.59 Å². The summed E-state index contributed by atoms with van der Waals surface area (Å²) in [6.07, 6.45) is 0. The Morgan fingerprint density at radius 1 is 1.03 bits per heavy atom. The molecule has 32 heavy (non-hydrogen) atoms. The lowest BCUT2D eigenvalue weighted by Crippen LogP contribution is -2.59. The van der Waals surface area contributed by atoms with Crippen LogP contribution in [-0.4, -0.2) is 65.2 Å². The fourth-order valence-corrected chi connectivity index (χ4v) is 3.72. The molecule has 9 nitrogen and oxygen atoms in total. The van der Waals surface area contributed by atoms with Crippen LogP contribution in [0.25, 0.3) is 0 Å². The van der Waals surface area contributed by atoms with Crippen molar-refractivity contribution >= 4 is 29.2 Å². The van der Waals surface area contributed by atoms with Crippen molar-refractivity contribution in [3.8, 4) is 0 Å². The standard InChI is InChI=1S/C23H29N7O2/c1-15(2)21-25-17(4)13-19(26-21)28-9-11-29(12-10-28)23(32)22-24-14-20(31)30(27-22)18-7-5-16(3)6-8-18/h5-8,13,15H,9-12,14H2,1-4H3,(H,24,27). The largest absolute Gasteiger partial charge is 0.353 e. The molecule has 9 heteroatoms. The number of amidine groups is 1. The lowest BCUT2D eigenvalue weighted by molar-refractivity contribution is -0.124. The van der Waals surface area contributed by atoms with Crippen molar-refractivity contribution in [1.29, 1.82) is 0 Å². The number of aliphatic imine (C=N–C) groups is 1. The molecular weight excluding hydrogens is 406 g/mol. The summed E-state index contributed by atoms with van der Waals surface area (Å²) in [6.45, 7) is 10.5. The number of nitrogens with zero attached hydrogens (tertiary/aromatic N) is 6. The number of carbonyl (C=O) groups excluding carboxylic acids is 2. The molecule has 2 aromatic rings. The Morgan fingerprint density at radius 3 is 2.38 bits per heavy atom. The summed E-state index contributed by atoms with van der Waals surface area (Å²) < 4.78 is 0. The van der Waals surface area contributed by atoms with Gasteiger partial charge in [0.25, 0.3) is 11.8 Å². The fourth-order valence-electron chi connectivity index (χ4n) is 3.72. The smallest absolute Gasteiger partial charge is 0.290 e. The SMILES string of the molecule is Cc1ccc(N2NC(C(=O)N3CCN(c4cc(C)nc(C(C)C)n4)CC3)=NCC2=O)cc1. The van der Waals surface area contributed by atoms with Gasteiger partial charge in [-0.3, -0.25) is 20.0 Å². The van der Waals surface area contributed by atoms with E-state index in [0.29, 0.717) is 31.9 Å². The molecule has 3 heterocycles. The van der Waals surface area contributed by atoms with Crippen molar-refractivity contribution < 1.29 is 9.59 Å². The van der Waals surface area contributed by atoms with Crippen molar-refractivity contribution in [2.24, 2.45) is 4.99 Å². The van der Waals surface area contributed by atoms with E-state index < -0.39 is 0 Å². The molecule has 4 rings (SSSR count). The molecule has 0 saturated carbocycles. The van der Waals surface area contributed by atoms with Crippen molar-refractivity contribution in [2.45, 2.75) is 33.6 Å². The predicted molar refractivity (Wildman–Crippen MR) is 124 cm³/mol. The van der Waals surface area contributed by atoms with Crippen LogP contribution in [0.1, 0.15) is 36.8 Å². The summed E-state index contributed by atoms with van der Waals surface area (Å²) in [5, 5.41) is 1.40. The Bertz CT molecular complexity index is 1040. The van der Waals surface area contributed by atoms with E-state index in [4.69, 9.17) is 4.98 Å². The third-order valence-corrected chi connectivity index (χ3v) is 5.60. The van der Waals surface area contributed by atoms with Gasteiger partial charge in [0.15, 0.2) is 0 Å². The third kappa shape index (κ3) is 4.56. The Morgan fingerprint density at radius 2 is 1.72 bits per heavy atom. The summed E-state index contributed by atoms with van der Waals surface area (Å²) in [5.74, 6) is 1.79. The number of carbonyl (C=O) groups is 2. The van der Waals surface area contributed by atoms with Crippen LogP contribution in [0.2, 0.25) is 0 Å². The molecule has 0 spiro atoms. The highest BCUT2D eigenvalue weighted by atomic mass is 16.2. The molecule has 0 atom stereocenters. The van der Waals surface area contributed by atoms with Crippen LogP contribution in [0.3, 0.4) is 0 Å². The molecular formula is C23H29N7O2. The maximum atomic E-state index is 13.1. The molecule has 2 aliphatic rings. The van der Waals surface area contributed by atoms with Gasteiger partial charge in [-0.2, -0.15) is 0 Å². The number of hydrogen-bond acceptors (Lipinski definition) is 7. The van der Waals surface area contributed by atoms with Gasteiger partial charge in [0.1, 0.15) is 18.2 Å². The number of piperazine rings is 1. The molecule has 0 aliphatic carbocycles. The van der Waals surface area contributed by atoms with Crippen LogP contribution in [0, 0.1) is 13.8 Å². The second-order valence-electron chi connectivity index (χ2n) is 8.50. The Labute approximate surface area is 188 Å². The maximum Gasteiger partial charge on any atom is 0.290 e. The first-order valence-corrected chi connectivity index (χ1v) is 10.9. The first-order chi connectivity index (χ1) is 15.3. The van der Waals surface area contributed by atoms with Gasteiger partial charge in [0.05, 0.1) is 5.69 Å². The van der Waals surface area contributed by atoms with Crippen molar-refractivity contribution in [3.63, 3.8) is 0 Å². The molecule has 1 N–H and O–H groups in total. The van der Waals surface area contributed by atoms with Gasteiger partial charge in [0, 0.05) is 43.9 Å². The summed E-state index contributed by atoms with van der Waals surface area (Å²) in [6, 6.07) is 9.54. The quantitative estimate of drug-likeness (QED) is 0.787. The third-order valence-electron chi connectivity index (χ3n) is 5.60. The Balaban J connectivity index is 1.41. The molecule has 1 aromatic heterocycles. The summed E-state index contributed by atoms with van der Waals surface area (Å²) in [5.41, 5.74) is 5.64. The predicted octanol–water partition coefficient (Wildman–Crippen LogP) is 1.82. The molecule has 1 fully saturated rings. The molecule has 168 valence electrons. The van der Waals surface area contributed by atoms with Crippen LogP contribution in [-0.2, 0) is 9.59 Å². The van der Waals surface area contributed by atoms with E-state index in [1.54, 1.807) is 4.90 Å². The second-order valence-corrected chi connectivity index (χ2v) is 8.50. The molecule has 2 amide bonds. The fraction of sp³-hybridized carbons (Fsp3) is 0.435. The molecule has 0 radical (unpaired) electrons. The Kier molecular flexibility index (Phi) is 6.07. The van der Waals surface area contributed by atoms with Gasteiger partial charge in [-0.15, -0.1) is 0 Å². The zero-order valence-electron chi connectivity index (χ0n) is 19.0. The van der Waals surface area contributed by atoms with Crippen LogP contribution >= 0.6 is 0 Å². The van der Waals surface area contributed by atoms with E-state index in [0.717, 1.165) is 22.9 Å². The summed E-state index contributed by atoms with van der Waals surface area (Å²) >= 11 is 0. The number of hydrogen-bond donors (Lipinski definition) is 1. The minimum atomic E-state index is -0.199. The number of rotatable bonds is 4. The highest BCUT2D eigenvalue weighted by Gasteiger charge is 2.30. The number of hydrazine groups is 1. The van der Waals surface area contributed by atoms with Crippen LogP contribution in [0.5, 0.6) is 0 Å². The van der Waals surface area contributed by atoms with E-state index in [1.807, 2.05) is 44.2 Å². The van der Waals surface area contributed by atoms with Gasteiger partial charge < -0.3 is 9.80 Å². The normalized spacial score (nSPS) is 16.8. The summed E-state index contributed by atoms with van der Waals surface area (Å²) in [7, 11) is 0. The summed E-state index contributed by atoms with van der Waals surface area (Å²) in [4.78, 5) is 42.8. The monoisotopic (exact) mass is 435 g/mol. The zero-order chi connectivity index (χ0) is 22.8. The van der Waals surface area contributed by atoms with Gasteiger partial charge in [-0.1, -0.05) is 31.5 Å². The molecule has 1 saturated heterocycles. The van der Waals surface area contributed by atoms with Gasteiger partial charge in [-0.25, -0.2) is 15.0 Å². The Hall–Kier alpha value is -3.49. The number of benzene rings is 1. The highest BCUT2D eigenvalue weighted by Crippen LogP contribution is 2.19. The van der Waals surface area contributed by atoms with E-state index in [-0.39, 0.29) is 30.1 Å². The zero-order valence-corrected chi connectivity index (χ0v) is 19.0. The average Bonchev–Trinajstić information content (AvgIpc) is 2.79. The molecule has 0 bridgehead atoms. The number of anilines is 2. The molecule has 2 aliphatic heterocycles. The molecule has 1 aromatic carbocycles. The lowest BCUT2D eigenvalue weighted by Gasteiger charge is -2.37. The van der Waals surface area contributed by atoms with Crippen LogP contribution in [0.15, 0.2) is 35.3 Å². The highest BCUT2D eigenvalue weighted by molar-refractivity contribution is 6.39. The minimum absolute atomic E-state index is 0.0555. The first-order valence-electron chi connectivity index (χ1n) is 10.9. The van der Waals surface area contributed by atoms with Gasteiger partial charge in [-0.05, 0) is 26.0 Å². The van der Waals surface area contributed by atoms with Crippen molar-refractivity contribution in [2.75, 3.05) is 42.6 Å². The first kappa shape index (κ1) is 21.7. The van der Waals surface area contributed by atoms with E-state index >= 15 is 0 Å². The van der Waals surface area contributed by atoms with Crippen LogP contribution < -0.4 is 15.3 Å². The van der Waals surface area contributed by atoms with Crippen molar-refractivity contribution in [3.05, 3.63) is 47.4 Å². The second kappa shape index (κ2) is 8.94. The molecule has 0 unspecified atom stereocenters. The van der Waals surface area contributed by atoms with Gasteiger partial charge >= 0.3 is 0 Å². The maximum absolute atomic E-state index is 13.1. The number of nitrogens with one attached hydrogen (secondary N) is 1. The van der Waals surface area contributed by atoms with E-state index in [1.165, 1.54) is 5.01 Å². The van der Waals surface area contributed by atoms with E-state index in [2.05, 4.69) is 34.1 Å². The minimum Gasteiger partial charge on any atom is -0.353 e. The number of aryl methyl sites for hydroxylation is 2. The van der Waals surface area contributed by atoms with Crippen molar-refractivity contribution in [1.82, 2.24) is 20.3 Å². The number of aromatic nitrogens is 2. The average molecular weight is 436 g/mol. The topological polar surface area (TPSA) is 94.0 Å². The van der Waals surface area contributed by atoms with Crippen LogP contribution in [0.4, 0.5) is 11.5 Å². The number of amides is 2. The lowest BCUT2D eigenvalue weighted by atomic mass is 10.2.